The summed E-state index contributed by atoms with van der Waals surface area (Å²) in [5.74, 6) is 2.05. The fraction of sp³-hybridized carbons (Fsp3) is 0.364. The molecule has 2 atom stereocenters. The molecule has 1 aliphatic heterocycles. The van der Waals surface area contributed by atoms with Crippen molar-refractivity contribution in [3.63, 3.8) is 0 Å². The third kappa shape index (κ3) is 3.32. The second-order valence-corrected chi connectivity index (χ2v) is 8.12. The zero-order valence-corrected chi connectivity index (χ0v) is 11.9. The van der Waals surface area contributed by atoms with Crippen molar-refractivity contribution in [1.82, 2.24) is 0 Å². The predicted octanol–water partition coefficient (Wildman–Crippen LogP) is 4.04. The number of carbonyl (C=O) groups excluding carboxylic acids is 1. The molecule has 1 nitrogen and oxygen atoms in total. The Morgan fingerprint density at radius 1 is 1.69 bits per heavy atom. The number of hydrogen-bond donors (Lipinski definition) is 0. The van der Waals surface area contributed by atoms with Gasteiger partial charge in [-0.2, -0.15) is 0 Å². The SMILES string of the molecule is C=CC(=O)SCC1CSC(c2cccs2)S1. The summed E-state index contributed by atoms with van der Waals surface area (Å²) in [4.78, 5) is 12.6. The average molecular weight is 288 g/mol. The van der Waals surface area contributed by atoms with Crippen molar-refractivity contribution < 1.29 is 4.79 Å². The molecule has 0 aliphatic carbocycles. The van der Waals surface area contributed by atoms with Gasteiger partial charge < -0.3 is 0 Å². The second kappa shape index (κ2) is 6.19. The Bertz CT molecular complexity index is 360. The first-order valence-electron chi connectivity index (χ1n) is 4.89. The third-order valence-corrected chi connectivity index (χ3v) is 7.89. The lowest BCUT2D eigenvalue weighted by atomic mass is 10.5. The zero-order chi connectivity index (χ0) is 11.4. The highest BCUT2D eigenvalue weighted by Crippen LogP contribution is 2.51. The fourth-order valence-corrected chi connectivity index (χ4v) is 6.77. The van der Waals surface area contributed by atoms with E-state index in [-0.39, 0.29) is 5.12 Å². The van der Waals surface area contributed by atoms with Gasteiger partial charge in [0.1, 0.15) is 0 Å². The summed E-state index contributed by atoms with van der Waals surface area (Å²) in [6, 6.07) is 4.30. The smallest absolute Gasteiger partial charge is 0.211 e. The summed E-state index contributed by atoms with van der Waals surface area (Å²) in [7, 11) is 0. The molecule has 1 fully saturated rings. The topological polar surface area (TPSA) is 17.1 Å². The van der Waals surface area contributed by atoms with Gasteiger partial charge in [0, 0.05) is 21.6 Å². The zero-order valence-electron chi connectivity index (χ0n) is 8.63. The van der Waals surface area contributed by atoms with Crippen LogP contribution in [0.25, 0.3) is 0 Å². The molecular formula is C11H12OS4. The quantitative estimate of drug-likeness (QED) is 0.777. The van der Waals surface area contributed by atoms with Crippen LogP contribution in [0.5, 0.6) is 0 Å². The number of thioether (sulfide) groups is 3. The van der Waals surface area contributed by atoms with Crippen molar-refractivity contribution in [2.24, 2.45) is 0 Å². The number of thiophene rings is 1. The molecule has 0 amide bonds. The van der Waals surface area contributed by atoms with Gasteiger partial charge in [0.05, 0.1) is 4.58 Å². The van der Waals surface area contributed by atoms with E-state index in [4.69, 9.17) is 0 Å². The van der Waals surface area contributed by atoms with Crippen LogP contribution in [-0.4, -0.2) is 21.9 Å². The van der Waals surface area contributed by atoms with Crippen LogP contribution in [0.1, 0.15) is 9.46 Å². The Morgan fingerprint density at radius 2 is 2.56 bits per heavy atom. The van der Waals surface area contributed by atoms with Gasteiger partial charge in [-0.15, -0.1) is 34.9 Å². The molecule has 0 saturated carbocycles. The van der Waals surface area contributed by atoms with E-state index in [1.165, 1.54) is 22.7 Å². The molecule has 2 unspecified atom stereocenters. The van der Waals surface area contributed by atoms with E-state index in [9.17, 15) is 4.79 Å². The molecule has 5 heteroatoms. The highest BCUT2D eigenvalue weighted by molar-refractivity contribution is 8.21. The molecule has 1 aliphatic rings. The van der Waals surface area contributed by atoms with Crippen LogP contribution in [0.3, 0.4) is 0 Å². The molecule has 0 aromatic carbocycles. The van der Waals surface area contributed by atoms with E-state index in [2.05, 4.69) is 24.1 Å². The number of carbonyl (C=O) groups is 1. The standard InChI is InChI=1S/C11H12OS4/c1-2-10(12)14-6-8-7-15-11(16-8)9-4-3-5-13-9/h2-5,8,11H,1,6-7H2. The maximum Gasteiger partial charge on any atom is 0.211 e. The summed E-state index contributed by atoms with van der Waals surface area (Å²) in [5.41, 5.74) is 0. The van der Waals surface area contributed by atoms with E-state index in [0.717, 1.165) is 11.5 Å². The minimum Gasteiger partial charge on any atom is -0.282 e. The molecule has 1 saturated heterocycles. The fourth-order valence-electron chi connectivity index (χ4n) is 1.34. The van der Waals surface area contributed by atoms with Crippen LogP contribution in [0.4, 0.5) is 0 Å². The normalized spacial score (nSPS) is 24.5. The van der Waals surface area contributed by atoms with E-state index < -0.39 is 0 Å². The molecule has 0 spiro atoms. The maximum atomic E-state index is 11.1. The van der Waals surface area contributed by atoms with E-state index >= 15 is 0 Å². The predicted molar refractivity (Wildman–Crippen MR) is 78.6 cm³/mol. The third-order valence-electron chi connectivity index (χ3n) is 2.10. The van der Waals surface area contributed by atoms with Gasteiger partial charge >= 0.3 is 0 Å². The Labute approximate surface area is 112 Å². The minimum absolute atomic E-state index is 0.0881. The van der Waals surface area contributed by atoms with Crippen LogP contribution in [-0.2, 0) is 4.79 Å². The van der Waals surface area contributed by atoms with Crippen molar-refractivity contribution in [1.29, 1.82) is 0 Å². The van der Waals surface area contributed by atoms with E-state index in [1.54, 1.807) is 0 Å². The van der Waals surface area contributed by atoms with Crippen LogP contribution >= 0.6 is 46.6 Å². The van der Waals surface area contributed by atoms with Gasteiger partial charge in [-0.25, -0.2) is 0 Å². The molecule has 2 heterocycles. The molecule has 0 bridgehead atoms. The monoisotopic (exact) mass is 288 g/mol. The Hall–Kier alpha value is 0.160. The van der Waals surface area contributed by atoms with Gasteiger partial charge in [0.15, 0.2) is 0 Å². The first-order chi connectivity index (χ1) is 7.79. The van der Waals surface area contributed by atoms with Gasteiger partial charge in [0.25, 0.3) is 0 Å². The van der Waals surface area contributed by atoms with Crippen LogP contribution in [0.2, 0.25) is 0 Å². The molecule has 1 aromatic heterocycles. The Kier molecular flexibility index (Phi) is 4.88. The molecule has 1 aromatic rings. The minimum atomic E-state index is 0.0881. The lowest BCUT2D eigenvalue weighted by molar-refractivity contribution is -0.107. The van der Waals surface area contributed by atoms with Crippen LogP contribution < -0.4 is 0 Å². The van der Waals surface area contributed by atoms with Crippen molar-refractivity contribution >= 4 is 51.7 Å². The molecule has 16 heavy (non-hydrogen) atoms. The van der Waals surface area contributed by atoms with Crippen LogP contribution in [0.15, 0.2) is 30.2 Å². The molecule has 86 valence electrons. The first-order valence-corrected chi connectivity index (χ1v) is 8.75. The first kappa shape index (κ1) is 12.6. The van der Waals surface area contributed by atoms with E-state index in [1.807, 2.05) is 34.9 Å². The summed E-state index contributed by atoms with van der Waals surface area (Å²) in [6.07, 6.45) is 1.40. The molecule has 0 radical (unpaired) electrons. The van der Waals surface area contributed by atoms with Crippen molar-refractivity contribution in [3.05, 3.63) is 35.0 Å². The van der Waals surface area contributed by atoms with Gasteiger partial charge in [-0.1, -0.05) is 24.4 Å². The maximum absolute atomic E-state index is 11.1. The lowest BCUT2D eigenvalue weighted by Gasteiger charge is -2.07. The summed E-state index contributed by atoms with van der Waals surface area (Å²) >= 11 is 7.18. The van der Waals surface area contributed by atoms with Crippen LogP contribution in [0, 0.1) is 0 Å². The van der Waals surface area contributed by atoms with Gasteiger partial charge in [-0.3, -0.25) is 4.79 Å². The summed E-state index contributed by atoms with van der Waals surface area (Å²) in [5, 5.41) is 2.80. The average Bonchev–Trinajstić information content (AvgIpc) is 2.95. The van der Waals surface area contributed by atoms with Crippen molar-refractivity contribution in [3.8, 4) is 0 Å². The van der Waals surface area contributed by atoms with Crippen molar-refractivity contribution in [2.45, 2.75) is 9.83 Å². The molecule has 2 rings (SSSR count). The number of rotatable bonds is 4. The highest BCUT2D eigenvalue weighted by Gasteiger charge is 2.27. The van der Waals surface area contributed by atoms with Gasteiger partial charge in [-0.05, 0) is 17.5 Å². The Balaban J connectivity index is 1.80. The summed E-state index contributed by atoms with van der Waals surface area (Å²) in [6.45, 7) is 3.48. The molecule has 0 N–H and O–H groups in total. The highest BCUT2D eigenvalue weighted by atomic mass is 32.2. The largest absolute Gasteiger partial charge is 0.282 e. The van der Waals surface area contributed by atoms with Gasteiger partial charge in [0.2, 0.25) is 5.12 Å². The molecular weight excluding hydrogens is 276 g/mol. The number of hydrogen-bond acceptors (Lipinski definition) is 5. The van der Waals surface area contributed by atoms with Crippen molar-refractivity contribution in [2.75, 3.05) is 11.5 Å². The van der Waals surface area contributed by atoms with E-state index in [0.29, 0.717) is 9.83 Å². The summed E-state index contributed by atoms with van der Waals surface area (Å²) < 4.78 is 0.574. The Morgan fingerprint density at radius 3 is 3.25 bits per heavy atom. The lowest BCUT2D eigenvalue weighted by Crippen LogP contribution is -2.06. The second-order valence-electron chi connectivity index (χ2n) is 3.27.